The minimum atomic E-state index is -0.772. The molecule has 0 radical (unpaired) electrons. The van der Waals surface area contributed by atoms with Crippen molar-refractivity contribution >= 4 is 17.9 Å². The van der Waals surface area contributed by atoms with Gasteiger partial charge in [-0.15, -0.1) is 0 Å². The molecule has 0 aliphatic carbocycles. The fraction of sp³-hybridized carbons (Fsp3) is 0.860. The lowest BCUT2D eigenvalue weighted by Gasteiger charge is -2.18. The number of ether oxygens (including phenoxy) is 3. The van der Waals surface area contributed by atoms with E-state index in [0.29, 0.717) is 19.3 Å². The second-order valence-corrected chi connectivity index (χ2v) is 16.4. The summed E-state index contributed by atoms with van der Waals surface area (Å²) >= 11 is 0. The number of unbranched alkanes of at least 4 members (excludes halogenated alkanes) is 29. The quantitative estimate of drug-likeness (QED) is 0.0265. The summed E-state index contributed by atoms with van der Waals surface area (Å²) in [5, 5.41) is 0. The SMILES string of the molecule is CCCCC/C=C\CCCCCCCC(=O)OC[C@H](COC(=O)CCCCCCCCCCCCCCCC)OC(=O)CCCCCCC/C=C\CCCCC. The van der Waals surface area contributed by atoms with E-state index in [1.807, 2.05) is 0 Å². The Morgan fingerprint density at radius 3 is 0.929 bits per heavy atom. The van der Waals surface area contributed by atoms with E-state index in [-0.39, 0.29) is 31.1 Å². The van der Waals surface area contributed by atoms with E-state index in [9.17, 15) is 14.4 Å². The highest BCUT2D eigenvalue weighted by Gasteiger charge is 2.19. The van der Waals surface area contributed by atoms with Crippen LogP contribution in [-0.4, -0.2) is 37.2 Å². The van der Waals surface area contributed by atoms with Crippen molar-refractivity contribution in [3.05, 3.63) is 24.3 Å². The summed E-state index contributed by atoms with van der Waals surface area (Å²) in [6.07, 6.45) is 50.1. The van der Waals surface area contributed by atoms with Crippen molar-refractivity contribution in [3.63, 3.8) is 0 Å². The first kappa shape index (κ1) is 53.9. The van der Waals surface area contributed by atoms with Crippen LogP contribution >= 0.6 is 0 Å². The molecule has 1 atom stereocenters. The molecule has 0 saturated carbocycles. The Morgan fingerprint density at radius 1 is 0.339 bits per heavy atom. The predicted octanol–water partition coefficient (Wildman–Crippen LogP) is 15.6. The van der Waals surface area contributed by atoms with Gasteiger partial charge in [-0.05, 0) is 70.6 Å². The van der Waals surface area contributed by atoms with Gasteiger partial charge in [-0.1, -0.05) is 193 Å². The molecule has 6 heteroatoms. The van der Waals surface area contributed by atoms with Crippen LogP contribution in [0.15, 0.2) is 24.3 Å². The van der Waals surface area contributed by atoms with Gasteiger partial charge in [0, 0.05) is 19.3 Å². The molecule has 0 saturated heterocycles. The fourth-order valence-electron chi connectivity index (χ4n) is 6.96. The van der Waals surface area contributed by atoms with Crippen LogP contribution in [0.3, 0.4) is 0 Å². The third kappa shape index (κ3) is 43.0. The molecule has 0 aromatic carbocycles. The molecular weight excluding hydrogens is 697 g/mol. The molecule has 0 rings (SSSR count). The van der Waals surface area contributed by atoms with E-state index >= 15 is 0 Å². The summed E-state index contributed by atoms with van der Waals surface area (Å²) in [6.45, 7) is 6.59. The second-order valence-electron chi connectivity index (χ2n) is 16.4. The number of hydrogen-bond acceptors (Lipinski definition) is 6. The molecule has 0 aromatic heterocycles. The maximum Gasteiger partial charge on any atom is 0.306 e. The van der Waals surface area contributed by atoms with Gasteiger partial charge in [-0.25, -0.2) is 0 Å². The number of carbonyl (C=O) groups excluding carboxylic acids is 3. The van der Waals surface area contributed by atoms with Crippen molar-refractivity contribution in [2.75, 3.05) is 13.2 Å². The standard InChI is InChI=1S/C50H92O6/c1-4-7-10-13-16-19-22-25-26-29-31-34-37-40-43-49(52)55-46-47(56-50(53)44-41-38-35-32-28-24-21-18-15-12-9-6-3)45-54-48(51)42-39-36-33-30-27-23-20-17-14-11-8-5-2/h17-18,20-21,47H,4-16,19,22-46H2,1-3H3/b20-17-,21-18-/t47-/m1/s1. The first-order valence-corrected chi connectivity index (χ1v) is 24.3. The molecule has 0 spiro atoms. The van der Waals surface area contributed by atoms with E-state index in [0.717, 1.165) is 70.6 Å². The van der Waals surface area contributed by atoms with Crippen LogP contribution in [-0.2, 0) is 28.6 Å². The number of hydrogen-bond donors (Lipinski definition) is 0. The summed E-state index contributed by atoms with van der Waals surface area (Å²) in [4.78, 5) is 37.8. The highest BCUT2D eigenvalue weighted by Crippen LogP contribution is 2.15. The lowest BCUT2D eigenvalue weighted by atomic mass is 10.0. The molecule has 56 heavy (non-hydrogen) atoms. The predicted molar refractivity (Wildman–Crippen MR) is 238 cm³/mol. The largest absolute Gasteiger partial charge is 0.462 e. The van der Waals surface area contributed by atoms with Crippen molar-refractivity contribution in [2.24, 2.45) is 0 Å². The lowest BCUT2D eigenvalue weighted by Crippen LogP contribution is -2.30. The highest BCUT2D eigenvalue weighted by molar-refractivity contribution is 5.71. The van der Waals surface area contributed by atoms with Crippen molar-refractivity contribution in [2.45, 2.75) is 264 Å². The third-order valence-corrected chi connectivity index (χ3v) is 10.7. The summed E-state index contributed by atoms with van der Waals surface area (Å²) in [5.41, 5.74) is 0. The Kier molecular flexibility index (Phi) is 43.9. The van der Waals surface area contributed by atoms with E-state index in [4.69, 9.17) is 14.2 Å². The zero-order valence-electron chi connectivity index (χ0n) is 37.4. The van der Waals surface area contributed by atoms with Crippen LogP contribution in [0.1, 0.15) is 258 Å². The molecule has 0 unspecified atom stereocenters. The zero-order valence-corrected chi connectivity index (χ0v) is 37.4. The first-order valence-electron chi connectivity index (χ1n) is 24.3. The monoisotopic (exact) mass is 789 g/mol. The number of rotatable bonds is 44. The molecule has 6 nitrogen and oxygen atoms in total. The highest BCUT2D eigenvalue weighted by atomic mass is 16.6. The van der Waals surface area contributed by atoms with Gasteiger partial charge in [0.05, 0.1) is 0 Å². The Hall–Kier alpha value is -2.11. The summed E-state index contributed by atoms with van der Waals surface area (Å²) in [7, 11) is 0. The van der Waals surface area contributed by atoms with E-state index in [1.54, 1.807) is 0 Å². The Balaban J connectivity index is 4.36. The zero-order chi connectivity index (χ0) is 40.8. The van der Waals surface area contributed by atoms with Crippen LogP contribution in [0.2, 0.25) is 0 Å². The van der Waals surface area contributed by atoms with Gasteiger partial charge < -0.3 is 14.2 Å². The minimum absolute atomic E-state index is 0.0739. The second kappa shape index (κ2) is 45.6. The molecular formula is C50H92O6. The van der Waals surface area contributed by atoms with Crippen molar-refractivity contribution < 1.29 is 28.6 Å². The first-order chi connectivity index (χ1) is 27.5. The Labute approximate surface area is 347 Å². The molecule has 0 fully saturated rings. The van der Waals surface area contributed by atoms with Gasteiger partial charge in [-0.2, -0.15) is 0 Å². The smallest absolute Gasteiger partial charge is 0.306 e. The van der Waals surface area contributed by atoms with Crippen LogP contribution in [0.25, 0.3) is 0 Å². The number of allylic oxidation sites excluding steroid dienone is 4. The van der Waals surface area contributed by atoms with Crippen LogP contribution in [0.4, 0.5) is 0 Å². The van der Waals surface area contributed by atoms with Crippen LogP contribution < -0.4 is 0 Å². The van der Waals surface area contributed by atoms with Gasteiger partial charge in [0.1, 0.15) is 13.2 Å². The van der Waals surface area contributed by atoms with Gasteiger partial charge in [-0.3, -0.25) is 14.4 Å². The molecule has 0 aromatic rings. The molecule has 0 amide bonds. The maximum absolute atomic E-state index is 12.7. The Morgan fingerprint density at radius 2 is 0.589 bits per heavy atom. The third-order valence-electron chi connectivity index (χ3n) is 10.7. The van der Waals surface area contributed by atoms with Crippen LogP contribution in [0, 0.1) is 0 Å². The molecule has 0 heterocycles. The van der Waals surface area contributed by atoms with Crippen molar-refractivity contribution in [1.82, 2.24) is 0 Å². The van der Waals surface area contributed by atoms with E-state index in [1.165, 1.54) is 148 Å². The van der Waals surface area contributed by atoms with Gasteiger partial charge in [0.2, 0.25) is 0 Å². The van der Waals surface area contributed by atoms with Gasteiger partial charge in [0.15, 0.2) is 6.10 Å². The Bertz CT molecular complexity index is 911. The molecule has 0 aliphatic heterocycles. The number of carbonyl (C=O) groups is 3. The number of esters is 3. The molecule has 0 N–H and O–H groups in total. The van der Waals surface area contributed by atoms with Gasteiger partial charge >= 0.3 is 17.9 Å². The normalized spacial score (nSPS) is 12.1. The van der Waals surface area contributed by atoms with E-state index in [2.05, 4.69) is 45.1 Å². The van der Waals surface area contributed by atoms with Crippen molar-refractivity contribution in [1.29, 1.82) is 0 Å². The van der Waals surface area contributed by atoms with E-state index < -0.39 is 6.10 Å². The molecule has 328 valence electrons. The minimum Gasteiger partial charge on any atom is -0.462 e. The summed E-state index contributed by atoms with van der Waals surface area (Å²) < 4.78 is 16.7. The average molecular weight is 789 g/mol. The maximum atomic E-state index is 12.7. The van der Waals surface area contributed by atoms with Crippen LogP contribution in [0.5, 0.6) is 0 Å². The topological polar surface area (TPSA) is 78.9 Å². The summed E-state index contributed by atoms with van der Waals surface area (Å²) in [6, 6.07) is 0. The molecule has 0 aliphatic rings. The average Bonchev–Trinajstić information content (AvgIpc) is 3.19. The van der Waals surface area contributed by atoms with Crippen molar-refractivity contribution in [3.8, 4) is 0 Å². The summed E-state index contributed by atoms with van der Waals surface area (Å²) in [5.74, 6) is -0.885. The fourth-order valence-corrected chi connectivity index (χ4v) is 6.96. The lowest BCUT2D eigenvalue weighted by molar-refractivity contribution is -0.167. The van der Waals surface area contributed by atoms with Gasteiger partial charge in [0.25, 0.3) is 0 Å². The molecule has 0 bridgehead atoms.